The molecule has 4 heterocycles. The highest BCUT2D eigenvalue weighted by atomic mass is 28.3. The van der Waals surface area contributed by atoms with Crippen molar-refractivity contribution in [3.8, 4) is 11.4 Å². The van der Waals surface area contributed by atoms with Crippen molar-refractivity contribution in [2.45, 2.75) is 39.3 Å². The predicted molar refractivity (Wildman–Crippen MR) is 291 cm³/mol. The Kier molecular flexibility index (Phi) is 6.75. The van der Waals surface area contributed by atoms with Gasteiger partial charge < -0.3 is 9.13 Å². The molecule has 0 unspecified atom stereocenters. The van der Waals surface area contributed by atoms with E-state index in [1.54, 1.807) is 0 Å². The van der Waals surface area contributed by atoms with Crippen molar-refractivity contribution in [1.82, 2.24) is 9.13 Å². The number of aromatic nitrogens is 2. The van der Waals surface area contributed by atoms with E-state index < -0.39 is 16.1 Å². The highest BCUT2D eigenvalue weighted by Crippen LogP contribution is 2.46. The highest BCUT2D eigenvalue weighted by molar-refractivity contribution is 7.02. The summed E-state index contributed by atoms with van der Waals surface area (Å²) in [6, 6.07) is 64.1. The first-order chi connectivity index (χ1) is 31.5. The third-order valence-corrected chi connectivity index (χ3v) is 19.8. The van der Waals surface area contributed by atoms with E-state index in [9.17, 15) is 0 Å². The van der Waals surface area contributed by atoms with E-state index in [2.05, 4.69) is 212 Å². The maximum Gasteiger partial charge on any atom is 0.253 e. The Hall–Kier alpha value is -6.92. The fourth-order valence-electron chi connectivity index (χ4n) is 12.8. The van der Waals surface area contributed by atoms with Gasteiger partial charge in [-0.15, -0.1) is 0 Å². The van der Waals surface area contributed by atoms with Crippen molar-refractivity contribution in [3.63, 3.8) is 0 Å². The first-order valence-corrected chi connectivity index (χ1v) is 30.4. The van der Waals surface area contributed by atoms with Crippen LogP contribution in [0, 0.1) is 0 Å². The van der Waals surface area contributed by atoms with Crippen LogP contribution in [0.4, 0.5) is 0 Å². The van der Waals surface area contributed by atoms with Crippen molar-refractivity contribution >= 4 is 158 Å². The number of hydrogen-bond acceptors (Lipinski definition) is 0. The smallest absolute Gasteiger partial charge is 0.253 e. The second kappa shape index (κ2) is 12.0. The molecule has 0 spiro atoms. The van der Waals surface area contributed by atoms with Crippen molar-refractivity contribution in [1.29, 1.82) is 0 Å². The summed E-state index contributed by atoms with van der Waals surface area (Å²) in [5, 5.41) is 24.4. The molecule has 0 N–H and O–H groups in total. The molecule has 0 amide bonds. The van der Waals surface area contributed by atoms with Crippen molar-refractivity contribution in [3.05, 3.63) is 164 Å². The molecule has 0 saturated carbocycles. The Morgan fingerprint density at radius 2 is 0.785 bits per heavy atom. The second-order valence-corrected chi connectivity index (χ2v) is 31.4. The van der Waals surface area contributed by atoms with Gasteiger partial charge in [0, 0.05) is 38.4 Å². The molecule has 2 aliphatic rings. The van der Waals surface area contributed by atoms with Gasteiger partial charge in [0.2, 0.25) is 0 Å². The lowest BCUT2D eigenvalue weighted by Crippen LogP contribution is -2.60. The molecule has 65 heavy (non-hydrogen) atoms. The number of rotatable bonds is 2. The summed E-state index contributed by atoms with van der Waals surface area (Å²) in [5.74, 6) is 0. The Morgan fingerprint density at radius 3 is 1.38 bits per heavy atom. The van der Waals surface area contributed by atoms with Crippen LogP contribution in [-0.2, 0) is 0 Å². The number of nitrogens with zero attached hydrogens (tertiary/aromatic N) is 2. The minimum atomic E-state index is -1.81. The molecule has 2 aromatic heterocycles. The summed E-state index contributed by atoms with van der Waals surface area (Å²) < 4.78 is 5.36. The van der Waals surface area contributed by atoms with E-state index >= 15 is 0 Å². The van der Waals surface area contributed by atoms with Crippen LogP contribution in [0.3, 0.4) is 0 Å². The topological polar surface area (TPSA) is 9.86 Å². The molecular formula is C60H45BN2Si2. The third kappa shape index (κ3) is 4.50. The summed E-state index contributed by atoms with van der Waals surface area (Å²) in [6.07, 6.45) is 0. The lowest BCUT2D eigenvalue weighted by Gasteiger charge is -2.35. The number of fused-ring (bicyclic) bond motifs is 23. The summed E-state index contributed by atoms with van der Waals surface area (Å²) in [7, 11) is -3.41. The average molecular weight is 861 g/mol. The van der Waals surface area contributed by atoms with Gasteiger partial charge in [0.25, 0.3) is 6.71 Å². The largest absolute Gasteiger partial charge is 0.310 e. The Balaban J connectivity index is 1.23. The maximum atomic E-state index is 2.70. The summed E-state index contributed by atoms with van der Waals surface area (Å²) in [5.41, 5.74) is 12.2. The highest BCUT2D eigenvalue weighted by Gasteiger charge is 2.43. The van der Waals surface area contributed by atoms with Crippen LogP contribution in [0.5, 0.6) is 0 Å². The van der Waals surface area contributed by atoms with Crippen LogP contribution in [0.1, 0.15) is 0 Å². The molecule has 306 valence electrons. The minimum absolute atomic E-state index is 0.0249. The van der Waals surface area contributed by atoms with Crippen LogP contribution in [0.2, 0.25) is 39.3 Å². The van der Waals surface area contributed by atoms with Gasteiger partial charge in [0.05, 0.1) is 32.7 Å². The minimum Gasteiger partial charge on any atom is -0.310 e. The zero-order valence-electron chi connectivity index (χ0n) is 37.6. The zero-order valence-corrected chi connectivity index (χ0v) is 39.6. The van der Waals surface area contributed by atoms with Gasteiger partial charge in [0.1, 0.15) is 0 Å². The van der Waals surface area contributed by atoms with E-state index in [0.717, 1.165) is 0 Å². The van der Waals surface area contributed by atoms with E-state index in [0.29, 0.717) is 0 Å². The van der Waals surface area contributed by atoms with Crippen LogP contribution in [-0.4, -0.2) is 32.0 Å². The standard InChI is InChI=1S/C60H45BN2Si2/c1-64(2,3)34-26-27-52-46(28-34)49-29-35(65(4,5)6)30-51-59(49)62(52)53-24-15-25-54-57(53)61(51)58-56-43-23-14-13-19-39(43)38-18-9-12-22-42(38)48(56)32-50-47-31-44-40-20-10-7-16-36(40)37-17-8-11-21-41(37)45(44)33-55(47)63(54)60(50)58/h7-33H,1-6H3. The monoisotopic (exact) mass is 860 g/mol. The predicted octanol–water partition coefficient (Wildman–Crippen LogP) is 13.0. The van der Waals surface area contributed by atoms with Crippen molar-refractivity contribution in [2.24, 2.45) is 0 Å². The fraction of sp³-hybridized carbons (Fsp3) is 0.100. The van der Waals surface area contributed by atoms with Crippen molar-refractivity contribution in [2.75, 3.05) is 0 Å². The molecule has 0 radical (unpaired) electrons. The molecule has 0 bridgehead atoms. The molecular weight excluding hydrogens is 816 g/mol. The van der Waals surface area contributed by atoms with Crippen LogP contribution in [0.25, 0.3) is 120 Å². The fourth-order valence-corrected chi connectivity index (χ4v) is 15.1. The molecule has 5 heteroatoms. The van der Waals surface area contributed by atoms with Gasteiger partial charge in [-0.1, -0.05) is 177 Å². The number of benzene rings is 11. The van der Waals surface area contributed by atoms with E-state index in [4.69, 9.17) is 0 Å². The third-order valence-electron chi connectivity index (χ3n) is 15.7. The van der Waals surface area contributed by atoms with Gasteiger partial charge in [-0.3, -0.25) is 0 Å². The maximum absolute atomic E-state index is 2.70. The number of hydrogen-bond donors (Lipinski definition) is 0. The molecule has 0 aliphatic carbocycles. The van der Waals surface area contributed by atoms with Gasteiger partial charge in [-0.25, -0.2) is 0 Å². The van der Waals surface area contributed by atoms with Gasteiger partial charge in [0.15, 0.2) is 0 Å². The average Bonchev–Trinajstić information content (AvgIpc) is 3.83. The zero-order chi connectivity index (χ0) is 43.4. The first kappa shape index (κ1) is 36.4. The molecule has 2 nitrogen and oxygen atoms in total. The molecule has 11 aromatic carbocycles. The SMILES string of the molecule is C[Si](C)(C)c1ccc2c(c1)c1cc([Si](C)(C)C)cc3c1n2-c1cccc2c1B3c1c3c4ccccc4c4ccccc4c3cc3c4cc5c6ccccc6c6ccccc6c5cc4n-2c13. The quantitative estimate of drug-likeness (QED) is 0.121. The lowest BCUT2D eigenvalue weighted by molar-refractivity contribution is 1.14. The molecule has 13 aromatic rings. The second-order valence-electron chi connectivity index (χ2n) is 21.2. The van der Waals surface area contributed by atoms with Crippen molar-refractivity contribution < 1.29 is 0 Å². The van der Waals surface area contributed by atoms with E-state index in [1.165, 1.54) is 146 Å². The Bertz CT molecular complexity index is 4390. The summed E-state index contributed by atoms with van der Waals surface area (Å²) >= 11 is 0. The Morgan fingerprint density at radius 1 is 0.323 bits per heavy atom. The normalized spacial score (nSPS) is 13.7. The van der Waals surface area contributed by atoms with Crippen LogP contribution < -0.4 is 26.8 Å². The summed E-state index contributed by atoms with van der Waals surface area (Å²) in [6.45, 7) is 15.1. The van der Waals surface area contributed by atoms with E-state index in [-0.39, 0.29) is 6.71 Å². The van der Waals surface area contributed by atoms with Gasteiger partial charge in [-0.05, 0) is 117 Å². The summed E-state index contributed by atoms with van der Waals surface area (Å²) in [4.78, 5) is 0. The van der Waals surface area contributed by atoms with Crippen LogP contribution in [0.15, 0.2) is 164 Å². The molecule has 2 aliphatic heterocycles. The lowest BCUT2D eigenvalue weighted by atomic mass is 9.33. The van der Waals surface area contributed by atoms with Gasteiger partial charge in [-0.2, -0.15) is 0 Å². The first-order valence-electron chi connectivity index (χ1n) is 23.4. The van der Waals surface area contributed by atoms with Gasteiger partial charge >= 0.3 is 0 Å². The van der Waals surface area contributed by atoms with Crippen LogP contribution >= 0.6 is 0 Å². The molecule has 0 fully saturated rings. The molecule has 0 atom stereocenters. The van der Waals surface area contributed by atoms with E-state index in [1.807, 2.05) is 0 Å². The molecule has 15 rings (SSSR count). The Labute approximate surface area is 379 Å². The molecule has 0 saturated heterocycles.